The van der Waals surface area contributed by atoms with Crippen LogP contribution in [0.15, 0.2) is 42.6 Å². The van der Waals surface area contributed by atoms with Crippen LogP contribution in [0.25, 0.3) is 10.9 Å². The number of aromatic nitrogens is 1. The van der Waals surface area contributed by atoms with Gasteiger partial charge in [-0.15, -0.1) is 0 Å². The Bertz CT molecular complexity index is 1210. The number of carboxylic acids is 1. The molecule has 1 aliphatic heterocycles. The van der Waals surface area contributed by atoms with Gasteiger partial charge >= 0.3 is 5.97 Å². The summed E-state index contributed by atoms with van der Waals surface area (Å²) < 4.78 is 33.8. The van der Waals surface area contributed by atoms with Gasteiger partial charge in [-0.1, -0.05) is 12.1 Å². The maximum absolute atomic E-state index is 13.9. The predicted octanol–water partition coefficient (Wildman–Crippen LogP) is 6.33. The van der Waals surface area contributed by atoms with E-state index in [4.69, 9.17) is 4.74 Å². The smallest absolute Gasteiger partial charge is 0.335 e. The van der Waals surface area contributed by atoms with Crippen molar-refractivity contribution in [2.75, 3.05) is 13.2 Å². The average molecular weight is 469 g/mol. The maximum atomic E-state index is 13.9. The maximum Gasteiger partial charge on any atom is 0.335 e. The highest BCUT2D eigenvalue weighted by Gasteiger charge is 2.58. The number of aryl methyl sites for hydroxylation is 1. The van der Waals surface area contributed by atoms with Crippen LogP contribution in [-0.2, 0) is 6.54 Å². The van der Waals surface area contributed by atoms with E-state index < -0.39 is 11.9 Å². The average Bonchev–Trinajstić information content (AvgIpc) is 3.27. The number of fused-ring (bicyclic) bond motifs is 1. The van der Waals surface area contributed by atoms with Gasteiger partial charge in [0.1, 0.15) is 5.75 Å². The van der Waals surface area contributed by atoms with Crippen molar-refractivity contribution in [1.29, 1.82) is 0 Å². The summed E-state index contributed by atoms with van der Waals surface area (Å²) >= 11 is 0. The Hall–Kier alpha value is -2.93. The van der Waals surface area contributed by atoms with Crippen molar-refractivity contribution in [3.63, 3.8) is 0 Å². The molecule has 1 saturated carbocycles. The largest absolute Gasteiger partial charge is 0.494 e. The van der Waals surface area contributed by atoms with Gasteiger partial charge in [-0.05, 0) is 74.0 Å². The number of piperidine rings is 1. The molecule has 180 valence electrons. The third-order valence-corrected chi connectivity index (χ3v) is 7.58. The predicted molar refractivity (Wildman–Crippen MR) is 127 cm³/mol. The first-order chi connectivity index (χ1) is 16.2. The monoisotopic (exact) mass is 468 g/mol. The Morgan fingerprint density at radius 3 is 2.62 bits per heavy atom. The Labute approximate surface area is 197 Å². The first kappa shape index (κ1) is 22.8. The van der Waals surface area contributed by atoms with Crippen LogP contribution in [0, 0.1) is 12.3 Å². The van der Waals surface area contributed by atoms with Gasteiger partial charge in [0.2, 0.25) is 5.92 Å². The number of hydrogen-bond acceptors (Lipinski definition) is 3. The van der Waals surface area contributed by atoms with Gasteiger partial charge < -0.3 is 14.8 Å². The molecule has 34 heavy (non-hydrogen) atoms. The second kappa shape index (κ2) is 8.38. The van der Waals surface area contributed by atoms with E-state index in [0.29, 0.717) is 26.1 Å². The van der Waals surface area contributed by atoms with Gasteiger partial charge in [-0.2, -0.15) is 0 Å². The SMILES string of the molecule is CCOc1cc(C)c2[nH]ccc2c1CN1CCC2(C[C@H]1c1ccc(C(=O)O)cc1)CC(F)(F)C2. The number of benzene rings is 2. The highest BCUT2D eigenvalue weighted by atomic mass is 19.3. The number of nitrogens with one attached hydrogen (secondary N) is 1. The number of rotatable bonds is 6. The third kappa shape index (κ3) is 4.06. The molecule has 5 nitrogen and oxygen atoms in total. The van der Waals surface area contributed by atoms with Gasteiger partial charge in [0.15, 0.2) is 0 Å². The Morgan fingerprint density at radius 2 is 1.97 bits per heavy atom. The molecule has 1 atom stereocenters. The van der Waals surface area contributed by atoms with Gasteiger partial charge in [0.25, 0.3) is 0 Å². The number of carbonyl (C=O) groups is 1. The first-order valence-corrected chi connectivity index (χ1v) is 11.9. The number of hydrogen-bond donors (Lipinski definition) is 2. The summed E-state index contributed by atoms with van der Waals surface area (Å²) in [7, 11) is 0. The van der Waals surface area contributed by atoms with Gasteiger partial charge in [0, 0.05) is 48.1 Å². The molecule has 2 heterocycles. The highest BCUT2D eigenvalue weighted by Crippen LogP contribution is 2.60. The zero-order valence-electron chi connectivity index (χ0n) is 19.5. The Balaban J connectivity index is 1.51. The van der Waals surface area contributed by atoms with E-state index in [1.165, 1.54) is 0 Å². The summed E-state index contributed by atoms with van der Waals surface area (Å²) in [4.78, 5) is 17.0. The molecule has 0 radical (unpaired) electrons. The zero-order chi connectivity index (χ0) is 24.1. The topological polar surface area (TPSA) is 65.6 Å². The van der Waals surface area contributed by atoms with E-state index >= 15 is 0 Å². The lowest BCUT2D eigenvalue weighted by molar-refractivity contribution is -0.186. The molecule has 7 heteroatoms. The van der Waals surface area contributed by atoms with Crippen molar-refractivity contribution in [2.45, 2.75) is 58.0 Å². The molecule has 0 bridgehead atoms. The molecule has 3 aromatic rings. The van der Waals surface area contributed by atoms with Crippen molar-refractivity contribution in [2.24, 2.45) is 5.41 Å². The van der Waals surface area contributed by atoms with Crippen molar-refractivity contribution in [3.8, 4) is 5.75 Å². The lowest BCUT2D eigenvalue weighted by atomic mass is 9.59. The normalized spacial score (nSPS) is 21.5. The molecular weight excluding hydrogens is 438 g/mol. The van der Waals surface area contributed by atoms with E-state index in [1.54, 1.807) is 12.1 Å². The number of likely N-dealkylation sites (tertiary alicyclic amines) is 1. The van der Waals surface area contributed by atoms with Crippen molar-refractivity contribution < 1.29 is 23.4 Å². The molecule has 1 saturated heterocycles. The van der Waals surface area contributed by atoms with E-state index in [9.17, 15) is 18.7 Å². The summed E-state index contributed by atoms with van der Waals surface area (Å²) in [5.41, 5.74) is 4.12. The van der Waals surface area contributed by atoms with Crippen LogP contribution in [0.1, 0.15) is 65.7 Å². The molecule has 1 aromatic heterocycles. The number of carboxylic acid groups (broad SMARTS) is 1. The quantitative estimate of drug-likeness (QED) is 0.444. The van der Waals surface area contributed by atoms with Crippen molar-refractivity contribution in [3.05, 3.63) is 64.8 Å². The summed E-state index contributed by atoms with van der Waals surface area (Å²) in [6.07, 6.45) is 3.18. The van der Waals surface area contributed by atoms with E-state index in [0.717, 1.165) is 39.8 Å². The number of alkyl halides is 2. The van der Waals surface area contributed by atoms with Gasteiger partial charge in [-0.25, -0.2) is 13.6 Å². The fourth-order valence-electron chi connectivity index (χ4n) is 6.00. The molecule has 1 spiro atoms. The Morgan fingerprint density at radius 1 is 1.24 bits per heavy atom. The summed E-state index contributed by atoms with van der Waals surface area (Å²) in [5.74, 6) is -2.70. The number of aromatic amines is 1. The van der Waals surface area contributed by atoms with Gasteiger partial charge in [0.05, 0.1) is 12.2 Å². The standard InChI is InChI=1S/C27H30F2N2O3/c1-3-34-23-12-17(2)24-20(8-10-30-24)21(23)14-31-11-9-26(15-27(28,29)16-26)13-22(31)18-4-6-19(7-5-18)25(32)33/h4-8,10,12,22,30H,3,9,11,13-16H2,1-2H3,(H,32,33)/t22-/m0/s1. The molecule has 0 amide bonds. The van der Waals surface area contributed by atoms with Crippen LogP contribution in [0.4, 0.5) is 8.78 Å². The van der Waals surface area contributed by atoms with Gasteiger partial charge in [-0.3, -0.25) is 4.90 Å². The lowest BCUT2D eigenvalue weighted by Gasteiger charge is -2.54. The minimum absolute atomic E-state index is 0.0612. The van der Waals surface area contributed by atoms with Crippen LogP contribution in [0.3, 0.4) is 0 Å². The molecule has 0 unspecified atom stereocenters. The van der Waals surface area contributed by atoms with Crippen LogP contribution >= 0.6 is 0 Å². The summed E-state index contributed by atoms with van der Waals surface area (Å²) in [6.45, 7) is 5.91. The second-order valence-corrected chi connectivity index (χ2v) is 9.95. The number of aromatic carboxylic acids is 1. The van der Waals surface area contributed by atoms with E-state index in [-0.39, 0.29) is 29.9 Å². The molecule has 2 N–H and O–H groups in total. The number of H-pyrrole nitrogens is 1. The number of halogens is 2. The van der Waals surface area contributed by atoms with Crippen LogP contribution < -0.4 is 4.74 Å². The number of nitrogens with zero attached hydrogens (tertiary/aromatic N) is 1. The van der Waals surface area contributed by atoms with Crippen LogP contribution in [0.5, 0.6) is 5.75 Å². The molecule has 2 aliphatic rings. The first-order valence-electron chi connectivity index (χ1n) is 11.9. The summed E-state index contributed by atoms with van der Waals surface area (Å²) in [6, 6.07) is 10.9. The molecule has 5 rings (SSSR count). The Kier molecular flexibility index (Phi) is 5.63. The lowest BCUT2D eigenvalue weighted by Crippen LogP contribution is -2.53. The minimum atomic E-state index is -2.57. The van der Waals surface area contributed by atoms with Crippen LogP contribution in [0.2, 0.25) is 0 Å². The highest BCUT2D eigenvalue weighted by molar-refractivity contribution is 5.88. The minimum Gasteiger partial charge on any atom is -0.494 e. The zero-order valence-corrected chi connectivity index (χ0v) is 19.5. The van der Waals surface area contributed by atoms with Crippen LogP contribution in [-0.4, -0.2) is 40.0 Å². The fraction of sp³-hybridized carbons (Fsp3) is 0.444. The molecule has 1 aliphatic carbocycles. The van der Waals surface area contributed by atoms with E-state index in [2.05, 4.69) is 28.9 Å². The molecule has 2 fully saturated rings. The molecule has 2 aromatic carbocycles. The number of ether oxygens (including phenoxy) is 1. The van der Waals surface area contributed by atoms with E-state index in [1.807, 2.05) is 25.3 Å². The van der Waals surface area contributed by atoms with Crippen molar-refractivity contribution in [1.82, 2.24) is 9.88 Å². The van der Waals surface area contributed by atoms with Crippen molar-refractivity contribution >= 4 is 16.9 Å². The molecular formula is C27H30F2N2O3. The fourth-order valence-corrected chi connectivity index (χ4v) is 6.00. The second-order valence-electron chi connectivity index (χ2n) is 9.95. The summed E-state index contributed by atoms with van der Waals surface area (Å²) in [5, 5.41) is 10.4. The third-order valence-electron chi connectivity index (χ3n) is 7.58.